The van der Waals surface area contributed by atoms with Crippen molar-refractivity contribution in [2.45, 2.75) is 31.7 Å². The number of aromatic amines is 1. The molecule has 130 valence electrons. The number of carbonyl (C=O) groups excluding carboxylic acids is 1. The van der Waals surface area contributed by atoms with Gasteiger partial charge in [0.1, 0.15) is 0 Å². The Balaban J connectivity index is 1.40. The molecule has 2 aromatic rings. The highest BCUT2D eigenvalue weighted by molar-refractivity contribution is 7.80. The number of nitrogens with zero attached hydrogens (tertiary/aromatic N) is 1. The van der Waals surface area contributed by atoms with E-state index in [4.69, 9.17) is 12.2 Å². The number of nitrogens with one attached hydrogen (secondary N) is 4. The molecular weight excluding hydrogens is 338 g/mol. The number of amides is 1. The third-order valence-corrected chi connectivity index (χ3v) is 5.48. The van der Waals surface area contributed by atoms with Crippen LogP contribution in [0.1, 0.15) is 36.2 Å². The van der Waals surface area contributed by atoms with Gasteiger partial charge in [0.2, 0.25) is 0 Å². The Morgan fingerprint density at radius 2 is 1.96 bits per heavy atom. The van der Waals surface area contributed by atoms with Crippen LogP contribution in [0, 0.1) is 11.8 Å². The molecule has 0 saturated heterocycles. The summed E-state index contributed by atoms with van der Waals surface area (Å²) in [6.07, 6.45) is 5.00. The van der Waals surface area contributed by atoms with E-state index in [1.807, 2.05) is 0 Å². The Hall–Kier alpha value is -2.48. The molecule has 0 spiro atoms. The molecule has 4 rings (SSSR count). The molecular formula is C17H19N5O2S. The summed E-state index contributed by atoms with van der Waals surface area (Å²) in [6, 6.07) is 7.24. The van der Waals surface area contributed by atoms with E-state index in [1.165, 1.54) is 19.3 Å². The Bertz CT molecular complexity index is 896. The zero-order valence-corrected chi connectivity index (χ0v) is 14.4. The zero-order valence-electron chi connectivity index (χ0n) is 13.5. The number of H-pyrrole nitrogens is 1. The molecule has 3 atom stereocenters. The first-order valence-electron chi connectivity index (χ1n) is 8.46. The minimum atomic E-state index is -0.454. The zero-order chi connectivity index (χ0) is 17.4. The van der Waals surface area contributed by atoms with Gasteiger partial charge in [0.05, 0.1) is 5.39 Å². The van der Waals surface area contributed by atoms with Crippen LogP contribution in [0.5, 0.6) is 0 Å². The van der Waals surface area contributed by atoms with Crippen molar-refractivity contribution in [3.63, 3.8) is 0 Å². The molecule has 25 heavy (non-hydrogen) atoms. The normalized spacial score (nSPS) is 24.2. The second kappa shape index (κ2) is 6.44. The topological polar surface area (TPSA) is 98.9 Å². The van der Waals surface area contributed by atoms with Crippen LogP contribution in [-0.4, -0.2) is 27.3 Å². The van der Waals surface area contributed by atoms with Crippen LogP contribution in [0.15, 0.2) is 29.1 Å². The number of fused-ring (bicyclic) bond motifs is 3. The molecule has 1 amide bonds. The standard InChI is InChI=1S/C17H19N5O2S/c23-15-12-4-2-1-3-11(12)14(19-20-15)16(24)21-22-17(25)18-13-8-9-5-6-10(13)7-9/h1-4,9-10,13H,5-8H2,(H,20,23)(H,21,24)(H2,18,22,25). The fourth-order valence-corrected chi connectivity index (χ4v) is 4.29. The SMILES string of the molecule is O=C(NNC(=S)NC1CC2CCC1C2)c1n[nH]c(=O)c2ccccc12. The van der Waals surface area contributed by atoms with Gasteiger partial charge < -0.3 is 5.32 Å². The van der Waals surface area contributed by atoms with E-state index in [-0.39, 0.29) is 11.3 Å². The highest BCUT2D eigenvalue weighted by Crippen LogP contribution is 2.44. The van der Waals surface area contributed by atoms with E-state index in [9.17, 15) is 9.59 Å². The number of carbonyl (C=O) groups is 1. The third-order valence-electron chi connectivity index (χ3n) is 5.26. The maximum absolute atomic E-state index is 12.4. The van der Waals surface area contributed by atoms with E-state index in [1.54, 1.807) is 24.3 Å². The molecule has 1 aromatic heterocycles. The molecule has 0 radical (unpaired) electrons. The lowest BCUT2D eigenvalue weighted by atomic mass is 9.96. The van der Waals surface area contributed by atoms with Crippen molar-refractivity contribution in [1.82, 2.24) is 26.4 Å². The van der Waals surface area contributed by atoms with Gasteiger partial charge in [0.15, 0.2) is 10.8 Å². The van der Waals surface area contributed by atoms with Gasteiger partial charge in [0, 0.05) is 11.4 Å². The Morgan fingerprint density at radius 3 is 2.68 bits per heavy atom. The van der Waals surface area contributed by atoms with Crippen LogP contribution in [0.2, 0.25) is 0 Å². The monoisotopic (exact) mass is 357 g/mol. The van der Waals surface area contributed by atoms with Crippen molar-refractivity contribution in [2.24, 2.45) is 11.8 Å². The summed E-state index contributed by atoms with van der Waals surface area (Å²) in [4.78, 5) is 24.2. The summed E-state index contributed by atoms with van der Waals surface area (Å²) >= 11 is 5.28. The summed E-state index contributed by atoms with van der Waals surface area (Å²) in [6.45, 7) is 0. The Labute approximate surface area is 149 Å². The molecule has 1 aromatic carbocycles. The molecule has 8 heteroatoms. The van der Waals surface area contributed by atoms with E-state index in [0.29, 0.717) is 27.8 Å². The molecule has 1 heterocycles. The summed E-state index contributed by atoms with van der Waals surface area (Å²) in [5, 5.41) is 10.8. The molecule has 0 aliphatic heterocycles. The van der Waals surface area contributed by atoms with E-state index >= 15 is 0 Å². The van der Waals surface area contributed by atoms with Gasteiger partial charge in [-0.2, -0.15) is 5.10 Å². The summed E-state index contributed by atoms with van der Waals surface area (Å²) in [5.74, 6) is 1.05. The first-order chi connectivity index (χ1) is 12.1. The van der Waals surface area contributed by atoms with Crippen LogP contribution in [0.25, 0.3) is 10.8 Å². The second-order valence-electron chi connectivity index (χ2n) is 6.78. The second-order valence-corrected chi connectivity index (χ2v) is 7.19. The minimum absolute atomic E-state index is 0.144. The minimum Gasteiger partial charge on any atom is -0.358 e. The highest BCUT2D eigenvalue weighted by Gasteiger charge is 2.39. The van der Waals surface area contributed by atoms with Crippen molar-refractivity contribution < 1.29 is 4.79 Å². The van der Waals surface area contributed by atoms with Crippen molar-refractivity contribution in [2.75, 3.05) is 0 Å². The Morgan fingerprint density at radius 1 is 1.16 bits per heavy atom. The smallest absolute Gasteiger partial charge is 0.290 e. The summed E-state index contributed by atoms with van der Waals surface area (Å²) < 4.78 is 0. The first-order valence-corrected chi connectivity index (χ1v) is 8.87. The van der Waals surface area contributed by atoms with Crippen LogP contribution in [-0.2, 0) is 0 Å². The van der Waals surface area contributed by atoms with Crippen molar-refractivity contribution >= 4 is 34.0 Å². The molecule has 2 bridgehead atoms. The lowest BCUT2D eigenvalue weighted by molar-refractivity contribution is 0.0939. The van der Waals surface area contributed by atoms with Gasteiger partial charge in [-0.3, -0.25) is 20.4 Å². The lowest BCUT2D eigenvalue weighted by Crippen LogP contribution is -2.51. The third kappa shape index (κ3) is 3.09. The van der Waals surface area contributed by atoms with Gasteiger partial charge in [-0.15, -0.1) is 0 Å². The van der Waals surface area contributed by atoms with E-state index in [2.05, 4.69) is 26.4 Å². The van der Waals surface area contributed by atoms with Crippen LogP contribution >= 0.6 is 12.2 Å². The number of hydrazine groups is 1. The number of rotatable bonds is 2. The molecule has 2 aliphatic carbocycles. The van der Waals surface area contributed by atoms with E-state index < -0.39 is 5.91 Å². The maximum Gasteiger partial charge on any atom is 0.290 e. The largest absolute Gasteiger partial charge is 0.358 e. The number of aromatic nitrogens is 2. The molecule has 7 nitrogen and oxygen atoms in total. The average molecular weight is 357 g/mol. The van der Waals surface area contributed by atoms with Gasteiger partial charge in [-0.25, -0.2) is 5.10 Å². The Kier molecular flexibility index (Phi) is 4.12. The maximum atomic E-state index is 12.4. The molecule has 2 saturated carbocycles. The molecule has 4 N–H and O–H groups in total. The van der Waals surface area contributed by atoms with Crippen molar-refractivity contribution in [1.29, 1.82) is 0 Å². The van der Waals surface area contributed by atoms with Crippen molar-refractivity contribution in [3.8, 4) is 0 Å². The van der Waals surface area contributed by atoms with Crippen LogP contribution in [0.3, 0.4) is 0 Å². The highest BCUT2D eigenvalue weighted by atomic mass is 32.1. The van der Waals surface area contributed by atoms with E-state index in [0.717, 1.165) is 12.3 Å². The lowest BCUT2D eigenvalue weighted by Gasteiger charge is -2.24. The number of hydrogen-bond acceptors (Lipinski definition) is 4. The predicted octanol–water partition coefficient (Wildman–Crippen LogP) is 1.22. The average Bonchev–Trinajstić information content (AvgIpc) is 3.23. The molecule has 3 unspecified atom stereocenters. The van der Waals surface area contributed by atoms with Gasteiger partial charge in [-0.05, 0) is 49.4 Å². The van der Waals surface area contributed by atoms with Gasteiger partial charge in [-0.1, -0.05) is 24.6 Å². The van der Waals surface area contributed by atoms with Crippen LogP contribution in [0.4, 0.5) is 0 Å². The predicted molar refractivity (Wildman–Crippen MR) is 97.9 cm³/mol. The number of hydrogen-bond donors (Lipinski definition) is 4. The fraction of sp³-hybridized carbons (Fsp3) is 0.412. The number of thiocarbonyl (C=S) groups is 1. The quantitative estimate of drug-likeness (QED) is 0.476. The van der Waals surface area contributed by atoms with Crippen molar-refractivity contribution in [3.05, 3.63) is 40.3 Å². The van der Waals surface area contributed by atoms with Gasteiger partial charge in [0.25, 0.3) is 11.5 Å². The fourth-order valence-electron chi connectivity index (χ4n) is 4.09. The summed E-state index contributed by atoms with van der Waals surface area (Å²) in [5.41, 5.74) is 5.11. The van der Waals surface area contributed by atoms with Gasteiger partial charge >= 0.3 is 0 Å². The summed E-state index contributed by atoms with van der Waals surface area (Å²) in [7, 11) is 0. The number of benzene rings is 1. The first kappa shape index (κ1) is 16.0. The van der Waals surface area contributed by atoms with Crippen LogP contribution < -0.4 is 21.7 Å². The molecule has 2 aliphatic rings. The molecule has 2 fully saturated rings.